The van der Waals surface area contributed by atoms with Crippen molar-refractivity contribution < 1.29 is 14.7 Å². The lowest BCUT2D eigenvalue weighted by Gasteiger charge is -2.27. The zero-order valence-corrected chi connectivity index (χ0v) is 11.3. The summed E-state index contributed by atoms with van der Waals surface area (Å²) in [6, 6.07) is -0.845. The topological polar surface area (TPSA) is 69.6 Å². The lowest BCUT2D eigenvalue weighted by atomic mass is 10.2. The van der Waals surface area contributed by atoms with E-state index in [9.17, 15) is 9.59 Å². The van der Waals surface area contributed by atoms with Crippen LogP contribution in [0.3, 0.4) is 0 Å². The van der Waals surface area contributed by atoms with E-state index in [4.69, 9.17) is 5.11 Å². The van der Waals surface area contributed by atoms with Crippen molar-refractivity contribution >= 4 is 23.8 Å². The second-order valence-electron chi connectivity index (χ2n) is 4.16. The fourth-order valence-corrected chi connectivity index (χ4v) is 3.05. The normalized spacial score (nSPS) is 24.1. The summed E-state index contributed by atoms with van der Waals surface area (Å²) in [5.74, 6) is -0.464. The van der Waals surface area contributed by atoms with Crippen LogP contribution in [0.2, 0.25) is 0 Å². The molecule has 98 valence electrons. The zero-order chi connectivity index (χ0) is 13.0. The molecule has 17 heavy (non-hydrogen) atoms. The molecule has 0 aromatic heterocycles. The van der Waals surface area contributed by atoms with Gasteiger partial charge in [0.25, 0.3) is 0 Å². The van der Waals surface area contributed by atoms with Crippen molar-refractivity contribution in [2.24, 2.45) is 0 Å². The van der Waals surface area contributed by atoms with Crippen LogP contribution in [0, 0.1) is 0 Å². The number of carboxylic acids is 1. The highest BCUT2D eigenvalue weighted by Gasteiger charge is 2.39. The van der Waals surface area contributed by atoms with Gasteiger partial charge in [-0.3, -0.25) is 4.90 Å². The Morgan fingerprint density at radius 2 is 2.06 bits per heavy atom. The van der Waals surface area contributed by atoms with E-state index in [0.717, 1.165) is 12.8 Å². The van der Waals surface area contributed by atoms with Crippen molar-refractivity contribution in [3.63, 3.8) is 0 Å². The molecule has 1 rings (SSSR count). The molecule has 2 amide bonds. The number of aliphatic carboxylic acids is 1. The van der Waals surface area contributed by atoms with Gasteiger partial charge in [-0.15, -0.1) is 11.8 Å². The van der Waals surface area contributed by atoms with Crippen LogP contribution in [0.5, 0.6) is 0 Å². The molecule has 6 heteroatoms. The number of carbonyl (C=O) groups is 2. The lowest BCUT2D eigenvalue weighted by Crippen LogP contribution is -2.51. The van der Waals surface area contributed by atoms with Crippen molar-refractivity contribution in [2.45, 2.75) is 51.1 Å². The Labute approximate surface area is 106 Å². The Bertz CT molecular complexity index is 294. The molecule has 2 atom stereocenters. The van der Waals surface area contributed by atoms with E-state index in [0.29, 0.717) is 5.75 Å². The van der Waals surface area contributed by atoms with E-state index in [1.165, 1.54) is 16.7 Å². The molecule has 1 aliphatic heterocycles. The second-order valence-corrected chi connectivity index (χ2v) is 5.51. The molecule has 0 aliphatic carbocycles. The largest absolute Gasteiger partial charge is 0.480 e. The van der Waals surface area contributed by atoms with Gasteiger partial charge in [0, 0.05) is 11.8 Å². The number of thioether (sulfide) groups is 1. The van der Waals surface area contributed by atoms with Gasteiger partial charge in [-0.05, 0) is 19.8 Å². The number of nitrogens with one attached hydrogen (secondary N) is 1. The van der Waals surface area contributed by atoms with Gasteiger partial charge in [-0.2, -0.15) is 0 Å². The standard InChI is InChI=1S/C11H20N2O3S/c1-4-8(5-2)12-11(16)13-7(3)17-6-9(13)10(14)15/h7-9H,4-6H2,1-3H3,(H,12,16)(H,14,15). The molecule has 1 aliphatic rings. The zero-order valence-electron chi connectivity index (χ0n) is 10.5. The highest BCUT2D eigenvalue weighted by atomic mass is 32.2. The maximum Gasteiger partial charge on any atom is 0.327 e. The Balaban J connectivity index is 2.68. The van der Waals surface area contributed by atoms with Crippen molar-refractivity contribution in [3.05, 3.63) is 0 Å². The van der Waals surface area contributed by atoms with Crippen molar-refractivity contribution in [1.82, 2.24) is 10.2 Å². The Morgan fingerprint density at radius 3 is 2.53 bits per heavy atom. The van der Waals surface area contributed by atoms with Gasteiger partial charge in [-0.1, -0.05) is 13.8 Å². The molecule has 2 N–H and O–H groups in total. The molecule has 0 spiro atoms. The lowest BCUT2D eigenvalue weighted by molar-refractivity contribution is -0.141. The van der Waals surface area contributed by atoms with Crippen molar-refractivity contribution in [3.8, 4) is 0 Å². The molecule has 5 nitrogen and oxygen atoms in total. The summed E-state index contributed by atoms with van der Waals surface area (Å²) in [4.78, 5) is 24.5. The van der Waals surface area contributed by atoms with Gasteiger partial charge >= 0.3 is 12.0 Å². The van der Waals surface area contributed by atoms with Crippen LogP contribution in [-0.4, -0.2) is 45.2 Å². The summed E-state index contributed by atoms with van der Waals surface area (Å²) in [6.07, 6.45) is 1.71. The monoisotopic (exact) mass is 260 g/mol. The van der Waals surface area contributed by atoms with Crippen LogP contribution in [-0.2, 0) is 4.79 Å². The Kier molecular flexibility index (Phi) is 5.11. The minimum atomic E-state index is -0.929. The number of amides is 2. The van der Waals surface area contributed by atoms with E-state index in [1.54, 1.807) is 0 Å². The minimum Gasteiger partial charge on any atom is -0.480 e. The van der Waals surface area contributed by atoms with E-state index in [-0.39, 0.29) is 17.4 Å². The fraction of sp³-hybridized carbons (Fsp3) is 0.818. The predicted molar refractivity (Wildman–Crippen MR) is 68.1 cm³/mol. The molecule has 0 aromatic carbocycles. The minimum absolute atomic E-state index is 0.0783. The molecule has 1 heterocycles. The number of rotatable bonds is 4. The number of carbonyl (C=O) groups excluding carboxylic acids is 1. The Hall–Kier alpha value is -0.910. The molecule has 1 fully saturated rings. The molecular formula is C11H20N2O3S. The molecule has 2 unspecified atom stereocenters. The average molecular weight is 260 g/mol. The van der Waals surface area contributed by atoms with Gasteiger partial charge in [0.15, 0.2) is 0 Å². The fourth-order valence-electron chi connectivity index (χ4n) is 1.88. The Morgan fingerprint density at radius 1 is 1.47 bits per heavy atom. The average Bonchev–Trinajstić information content (AvgIpc) is 2.67. The first-order chi connectivity index (χ1) is 8.01. The molecular weight excluding hydrogens is 240 g/mol. The van der Waals surface area contributed by atoms with Crippen LogP contribution in [0.1, 0.15) is 33.6 Å². The van der Waals surface area contributed by atoms with Gasteiger partial charge in [0.2, 0.25) is 0 Å². The van der Waals surface area contributed by atoms with Gasteiger partial charge in [0.05, 0.1) is 5.37 Å². The van der Waals surface area contributed by atoms with Crippen LogP contribution in [0.25, 0.3) is 0 Å². The van der Waals surface area contributed by atoms with E-state index < -0.39 is 12.0 Å². The summed E-state index contributed by atoms with van der Waals surface area (Å²) in [6.45, 7) is 5.87. The molecule has 1 saturated heterocycles. The van der Waals surface area contributed by atoms with E-state index in [1.807, 2.05) is 20.8 Å². The third kappa shape index (κ3) is 3.28. The summed E-state index contributed by atoms with van der Waals surface area (Å²) >= 11 is 1.50. The maximum absolute atomic E-state index is 12.0. The first-order valence-corrected chi connectivity index (χ1v) is 6.99. The number of nitrogens with zero attached hydrogens (tertiary/aromatic N) is 1. The number of urea groups is 1. The number of carboxylic acid groups (broad SMARTS) is 1. The van der Waals surface area contributed by atoms with Crippen LogP contribution >= 0.6 is 11.8 Å². The highest BCUT2D eigenvalue weighted by molar-refractivity contribution is 8.00. The maximum atomic E-state index is 12.0. The van der Waals surface area contributed by atoms with E-state index in [2.05, 4.69) is 5.32 Å². The number of hydrogen-bond acceptors (Lipinski definition) is 3. The first kappa shape index (κ1) is 14.2. The van der Waals surface area contributed by atoms with Gasteiger partial charge in [-0.25, -0.2) is 9.59 Å². The summed E-state index contributed by atoms with van der Waals surface area (Å²) in [5, 5.41) is 11.9. The summed E-state index contributed by atoms with van der Waals surface area (Å²) in [5.41, 5.74) is 0. The van der Waals surface area contributed by atoms with Crippen LogP contribution in [0.15, 0.2) is 0 Å². The van der Waals surface area contributed by atoms with Crippen LogP contribution in [0.4, 0.5) is 4.79 Å². The predicted octanol–water partition coefficient (Wildman–Crippen LogP) is 1.73. The molecule has 0 aromatic rings. The summed E-state index contributed by atoms with van der Waals surface area (Å²) in [7, 11) is 0. The van der Waals surface area contributed by atoms with Crippen LogP contribution < -0.4 is 5.32 Å². The third-order valence-electron chi connectivity index (χ3n) is 3.06. The molecule has 0 saturated carbocycles. The highest BCUT2D eigenvalue weighted by Crippen LogP contribution is 2.28. The first-order valence-electron chi connectivity index (χ1n) is 5.94. The second kappa shape index (κ2) is 6.14. The van der Waals surface area contributed by atoms with Gasteiger partial charge < -0.3 is 10.4 Å². The molecule has 0 bridgehead atoms. The van der Waals surface area contributed by atoms with Crippen molar-refractivity contribution in [2.75, 3.05) is 5.75 Å². The number of hydrogen-bond donors (Lipinski definition) is 2. The summed E-state index contributed by atoms with van der Waals surface area (Å²) < 4.78 is 0. The van der Waals surface area contributed by atoms with Crippen molar-refractivity contribution in [1.29, 1.82) is 0 Å². The molecule has 0 radical (unpaired) electrons. The third-order valence-corrected chi connectivity index (χ3v) is 4.27. The van der Waals surface area contributed by atoms with Gasteiger partial charge in [0.1, 0.15) is 6.04 Å². The quantitative estimate of drug-likeness (QED) is 0.807. The smallest absolute Gasteiger partial charge is 0.327 e. The SMILES string of the molecule is CCC(CC)NC(=O)N1C(C)SCC1C(=O)O. The van der Waals surface area contributed by atoms with E-state index >= 15 is 0 Å².